The molecule has 14 aromatic carbocycles. The number of hydrogen-bond donors (Lipinski definition) is 0. The monoisotopic (exact) mass is 1630 g/mol. The molecule has 0 N–H and O–H groups in total. The topological polar surface area (TPSA) is 0 Å². The van der Waals surface area contributed by atoms with Crippen LogP contribution in [-0.4, -0.2) is 0 Å². The summed E-state index contributed by atoms with van der Waals surface area (Å²) in [5.74, 6) is 0. The predicted molar refractivity (Wildman–Crippen MR) is 425 cm³/mol. The second-order valence-corrected chi connectivity index (χ2v) is 25.7. The van der Waals surface area contributed by atoms with Gasteiger partial charge in [-0.25, -0.2) is 22.3 Å². The third-order valence-electron chi connectivity index (χ3n) is 16.6. The molecule has 0 nitrogen and oxygen atoms in total. The van der Waals surface area contributed by atoms with Gasteiger partial charge in [0.25, 0.3) is 0 Å². The molecule has 4 radical (unpaired) electrons. The zero-order valence-corrected chi connectivity index (χ0v) is 73.7. The Morgan fingerprint density at radius 1 is 0.167 bits per heavy atom. The molecule has 0 saturated heterocycles. The van der Waals surface area contributed by atoms with Crippen molar-refractivity contribution in [1.82, 2.24) is 0 Å². The quantitative estimate of drug-likeness (QED) is 0.140. The Morgan fingerprint density at radius 2 is 0.431 bits per heavy atom. The molecule has 0 aliphatic carbocycles. The van der Waals surface area contributed by atoms with Crippen molar-refractivity contribution in [2.75, 3.05) is 0 Å². The smallest absolute Gasteiger partial charge is 0 e. The van der Waals surface area contributed by atoms with Gasteiger partial charge in [-0.05, 0) is 130 Å². The summed E-state index contributed by atoms with van der Waals surface area (Å²) in [5.41, 5.74) is 35.6. The van der Waals surface area contributed by atoms with Crippen LogP contribution in [0.2, 0.25) is 0 Å². The Kier molecular flexibility index (Phi) is 39.9. The summed E-state index contributed by atoms with van der Waals surface area (Å²) < 4.78 is 0. The van der Waals surface area contributed by atoms with E-state index in [1.807, 2.05) is 30.3 Å². The first kappa shape index (κ1) is 87.9. The van der Waals surface area contributed by atoms with Crippen molar-refractivity contribution in [3.63, 3.8) is 0 Å². The molecule has 14 aromatic rings. The molecule has 0 heterocycles. The average molecular weight is 1630 g/mol. The maximum Gasteiger partial charge on any atom is 0 e. The number of hydrogen-bond acceptors (Lipinski definition) is 0. The second-order valence-electron chi connectivity index (χ2n) is 25.7. The summed E-state index contributed by atoms with van der Waals surface area (Å²) in [4.78, 5) is 0. The summed E-state index contributed by atoms with van der Waals surface area (Å²) in [5, 5.41) is 0. The Morgan fingerprint density at radius 3 is 0.745 bits per heavy atom. The maximum absolute atomic E-state index is 3.25. The van der Waals surface area contributed by atoms with Gasteiger partial charge in [0, 0.05) is 131 Å². The van der Waals surface area contributed by atoms with Crippen LogP contribution in [0, 0.1) is 121 Å². The number of rotatable bonds is 7. The Hall–Kier alpha value is -6.50. The molecule has 0 spiro atoms. The molecular formula is C98H94Y4-4. The van der Waals surface area contributed by atoms with Gasteiger partial charge in [0.2, 0.25) is 0 Å². The van der Waals surface area contributed by atoms with Gasteiger partial charge in [-0.15, -0.1) is 41.0 Å². The molecule has 0 unspecified atom stereocenters. The van der Waals surface area contributed by atoms with Crippen molar-refractivity contribution < 1.29 is 131 Å². The van der Waals surface area contributed by atoms with E-state index >= 15 is 0 Å². The van der Waals surface area contributed by atoms with Gasteiger partial charge in [0.15, 0.2) is 0 Å². The molecule has 0 aromatic heterocycles. The van der Waals surface area contributed by atoms with Gasteiger partial charge < -0.3 is 0 Å². The van der Waals surface area contributed by atoms with Crippen molar-refractivity contribution in [1.29, 1.82) is 0 Å². The molecule has 0 amide bonds. The molecule has 4 heteroatoms. The van der Waals surface area contributed by atoms with E-state index in [-0.39, 0.29) is 131 Å². The molecule has 0 fully saturated rings. The maximum atomic E-state index is 3.25. The minimum Gasteiger partial charge on any atom is -0.226 e. The summed E-state index contributed by atoms with van der Waals surface area (Å²) in [6.07, 6.45) is 0. The van der Waals surface area contributed by atoms with Crippen molar-refractivity contribution in [2.24, 2.45) is 0 Å². The van der Waals surface area contributed by atoms with Crippen LogP contribution < -0.4 is 0 Å². The summed E-state index contributed by atoms with van der Waals surface area (Å²) in [7, 11) is 0. The summed E-state index contributed by atoms with van der Waals surface area (Å²) in [6, 6.07) is 123. The van der Waals surface area contributed by atoms with E-state index < -0.39 is 0 Å². The number of aryl methyl sites for hydroxylation is 14. The SMILES string of the molecule is Cc1cc[c-]c(-c2[c-]ccc(C)c2)c1.Cc1cc[c-]c(-c2[c-]cccc2C)c1.Cc1ccc(-c2ccc(C)cc2)cc1.Cc1ccc(-c2cccc(C)c2)cc1.Cc1ccc(-c2cccc(C)c2)cc1.Cc1cccc(-c2cccc(C)c2)c1.Cc1cccc(-c2ccccc2C)c1.[Y].[Y].[Y].[Y]. The third-order valence-corrected chi connectivity index (χ3v) is 16.6. The molecule has 0 atom stereocenters. The molecular weight excluding hydrogens is 1530 g/mol. The Bertz CT molecular complexity index is 4360. The fourth-order valence-electron chi connectivity index (χ4n) is 11.0. The van der Waals surface area contributed by atoms with E-state index in [9.17, 15) is 0 Å². The van der Waals surface area contributed by atoms with Gasteiger partial charge in [-0.1, -0.05) is 320 Å². The average Bonchev–Trinajstić information content (AvgIpc) is 0.870. The van der Waals surface area contributed by atoms with Gasteiger partial charge in [0.05, 0.1) is 0 Å². The van der Waals surface area contributed by atoms with Crippen LogP contribution in [0.5, 0.6) is 0 Å². The molecule has 0 aliphatic heterocycles. The molecule has 502 valence electrons. The van der Waals surface area contributed by atoms with Crippen molar-refractivity contribution >= 4 is 0 Å². The van der Waals surface area contributed by atoms with E-state index in [2.05, 4.69) is 406 Å². The predicted octanol–water partition coefficient (Wildman–Crippen LogP) is 27.0. The fourth-order valence-corrected chi connectivity index (χ4v) is 11.0. The van der Waals surface area contributed by atoms with Crippen molar-refractivity contribution in [3.05, 3.63) is 418 Å². The van der Waals surface area contributed by atoms with Crippen LogP contribution in [-0.2, 0) is 131 Å². The van der Waals surface area contributed by atoms with Crippen molar-refractivity contribution in [2.45, 2.75) is 96.9 Å². The standard InChI is InChI=1S/2C14H14.C14H12.C14H14.C14H12.2C14H14.4Y/c1-11-3-7-13(8-4-11)14-9-5-12(2)6-10-14;2*1-11-5-3-7-13(9-11)14-8-4-6-12(2)10-14;2*1-11-6-5-8-13(10-11)14-9-4-3-7-12(14)2;2*1-11-6-8-13(9-7-11)14-5-3-4-12(2)10-14;;;;/h2*3-10H,1-2H3;3-6,9-10H,1-2H3;3-10H,1-2H3;3-7,10H,1-2H3;2*3-10H,1-2H3;;;;/q;;-2;;-2;;;;;;. The Balaban J connectivity index is 0.000000251. The minimum atomic E-state index is 0. The van der Waals surface area contributed by atoms with Gasteiger partial charge in [-0.2, -0.15) is 78.4 Å². The zero-order chi connectivity index (χ0) is 69.8. The molecule has 14 rings (SSSR count). The molecule has 0 saturated carbocycles. The summed E-state index contributed by atoms with van der Waals surface area (Å²) in [6.45, 7) is 29.6. The third kappa shape index (κ3) is 29.9. The Labute approximate surface area is 714 Å². The first-order valence-electron chi connectivity index (χ1n) is 33.9. The zero-order valence-electron chi connectivity index (χ0n) is 62.3. The van der Waals surface area contributed by atoms with E-state index in [4.69, 9.17) is 0 Å². The normalized spacial score (nSPS) is 9.75. The van der Waals surface area contributed by atoms with Gasteiger partial charge in [0.1, 0.15) is 0 Å². The summed E-state index contributed by atoms with van der Waals surface area (Å²) >= 11 is 0. The van der Waals surface area contributed by atoms with Gasteiger partial charge >= 0.3 is 0 Å². The molecule has 102 heavy (non-hydrogen) atoms. The van der Waals surface area contributed by atoms with Crippen LogP contribution in [0.25, 0.3) is 77.9 Å². The second kappa shape index (κ2) is 46.4. The first-order chi connectivity index (χ1) is 47.3. The van der Waals surface area contributed by atoms with Crippen molar-refractivity contribution in [3.8, 4) is 77.9 Å². The largest absolute Gasteiger partial charge is 0.226 e. The van der Waals surface area contributed by atoms with Crippen LogP contribution in [0.3, 0.4) is 0 Å². The molecule has 0 bridgehead atoms. The van der Waals surface area contributed by atoms with E-state index in [0.717, 1.165) is 22.3 Å². The van der Waals surface area contributed by atoms with Crippen LogP contribution >= 0.6 is 0 Å². The molecule has 0 aliphatic rings. The van der Waals surface area contributed by atoms with Gasteiger partial charge in [-0.3, -0.25) is 0 Å². The van der Waals surface area contributed by atoms with Crippen LogP contribution in [0.4, 0.5) is 0 Å². The van der Waals surface area contributed by atoms with E-state index in [1.165, 1.54) is 134 Å². The van der Waals surface area contributed by atoms with Crippen LogP contribution in [0.1, 0.15) is 77.9 Å². The minimum absolute atomic E-state index is 0. The number of benzene rings is 14. The van der Waals surface area contributed by atoms with E-state index in [0.29, 0.717) is 0 Å². The van der Waals surface area contributed by atoms with E-state index in [1.54, 1.807) is 0 Å². The van der Waals surface area contributed by atoms with Crippen LogP contribution in [0.15, 0.2) is 315 Å². The fraction of sp³-hybridized carbons (Fsp3) is 0.143. The first-order valence-corrected chi connectivity index (χ1v) is 33.9.